The number of imidazole rings is 1. The van der Waals surface area contributed by atoms with Gasteiger partial charge in [0.15, 0.2) is 0 Å². The Kier molecular flexibility index (Phi) is 13.7. The van der Waals surface area contributed by atoms with Gasteiger partial charge >= 0.3 is 6.09 Å². The number of aromatic amines is 1. The molecular formula is C40H51N5O5. The molecule has 1 unspecified atom stereocenters. The number of benzene rings is 3. The summed E-state index contributed by atoms with van der Waals surface area (Å²) in [6.45, 7) is 9.39. The van der Waals surface area contributed by atoms with Gasteiger partial charge in [-0.15, -0.1) is 0 Å². The number of carbonyl (C=O) groups excluding carboxylic acids is 3. The Morgan fingerprint density at radius 3 is 2.24 bits per heavy atom. The molecule has 0 spiro atoms. The maximum absolute atomic E-state index is 14.1. The predicted octanol–water partition coefficient (Wildman–Crippen LogP) is 6.32. The number of aliphatic hydroxyl groups is 1. The van der Waals surface area contributed by atoms with Gasteiger partial charge in [0, 0.05) is 5.92 Å². The van der Waals surface area contributed by atoms with Crippen LogP contribution < -0.4 is 16.0 Å². The lowest BCUT2D eigenvalue weighted by molar-refractivity contribution is -0.133. The van der Waals surface area contributed by atoms with Crippen molar-refractivity contribution >= 4 is 35.0 Å². The van der Waals surface area contributed by atoms with Crippen LogP contribution in [-0.4, -0.2) is 56.8 Å². The van der Waals surface area contributed by atoms with E-state index in [0.29, 0.717) is 25.1 Å². The highest BCUT2D eigenvalue weighted by atomic mass is 16.6. The van der Waals surface area contributed by atoms with Crippen LogP contribution in [0, 0.1) is 11.8 Å². The SMILES string of the molecule is CCC(C)[C@H](NC(=O)[C@H](C/C=C/c1ccccc1)C[C@H](O)[C@H](Cc1ccccc1)NC(=O)OC(C)(C)C)C(=O)NCc1nc2ccccc2[nH]1. The molecule has 266 valence electrons. The zero-order valence-electron chi connectivity index (χ0n) is 29.7. The van der Waals surface area contributed by atoms with Crippen LogP contribution >= 0.6 is 0 Å². The van der Waals surface area contributed by atoms with Crippen molar-refractivity contribution in [3.63, 3.8) is 0 Å². The Morgan fingerprint density at radius 2 is 1.58 bits per heavy atom. The third-order valence-corrected chi connectivity index (χ3v) is 8.55. The predicted molar refractivity (Wildman–Crippen MR) is 197 cm³/mol. The van der Waals surface area contributed by atoms with Crippen LogP contribution in [-0.2, 0) is 27.3 Å². The fourth-order valence-electron chi connectivity index (χ4n) is 5.65. The number of H-pyrrole nitrogens is 1. The molecule has 3 aromatic carbocycles. The highest BCUT2D eigenvalue weighted by molar-refractivity contribution is 5.89. The Morgan fingerprint density at radius 1 is 0.920 bits per heavy atom. The Hall–Kier alpha value is -4.96. The minimum Gasteiger partial charge on any atom is -0.444 e. The smallest absolute Gasteiger partial charge is 0.407 e. The largest absolute Gasteiger partial charge is 0.444 e. The number of alkyl carbamates (subject to hydrolysis) is 1. The Balaban J connectivity index is 1.53. The summed E-state index contributed by atoms with van der Waals surface area (Å²) in [7, 11) is 0. The molecule has 0 aliphatic heterocycles. The van der Waals surface area contributed by atoms with E-state index < -0.39 is 35.8 Å². The third kappa shape index (κ3) is 11.9. The van der Waals surface area contributed by atoms with Gasteiger partial charge in [-0.05, 0) is 69.2 Å². The minimum atomic E-state index is -1.10. The number of allylic oxidation sites excluding steroid dienone is 1. The lowest BCUT2D eigenvalue weighted by Crippen LogP contribution is -2.52. The summed E-state index contributed by atoms with van der Waals surface area (Å²) in [5.41, 5.74) is 2.84. The monoisotopic (exact) mass is 681 g/mol. The number of amides is 3. The number of para-hydroxylation sites is 2. The number of aliphatic hydroxyl groups excluding tert-OH is 1. The van der Waals surface area contributed by atoms with Gasteiger partial charge in [-0.3, -0.25) is 9.59 Å². The van der Waals surface area contributed by atoms with Gasteiger partial charge in [-0.2, -0.15) is 0 Å². The summed E-state index contributed by atoms with van der Waals surface area (Å²) in [4.78, 5) is 48.3. The second kappa shape index (κ2) is 18.2. The summed E-state index contributed by atoms with van der Waals surface area (Å²) in [5.74, 6) is -0.941. The van der Waals surface area contributed by atoms with E-state index >= 15 is 0 Å². The molecule has 3 amide bonds. The van der Waals surface area contributed by atoms with Crippen LogP contribution in [0.1, 0.15) is 70.8 Å². The van der Waals surface area contributed by atoms with Crippen molar-refractivity contribution < 1.29 is 24.2 Å². The van der Waals surface area contributed by atoms with Crippen molar-refractivity contribution in [3.8, 4) is 0 Å². The number of hydrogen-bond acceptors (Lipinski definition) is 6. The molecule has 0 saturated heterocycles. The molecule has 50 heavy (non-hydrogen) atoms. The molecule has 4 rings (SSSR count). The molecule has 0 saturated carbocycles. The Labute approximate surface area is 295 Å². The quantitative estimate of drug-likeness (QED) is 0.0937. The number of rotatable bonds is 16. The van der Waals surface area contributed by atoms with Crippen LogP contribution in [0.2, 0.25) is 0 Å². The number of nitrogens with zero attached hydrogens (tertiary/aromatic N) is 1. The van der Waals surface area contributed by atoms with E-state index in [1.54, 1.807) is 20.8 Å². The molecule has 0 radical (unpaired) electrons. The molecule has 0 aliphatic carbocycles. The van der Waals surface area contributed by atoms with Gasteiger partial charge in [0.1, 0.15) is 17.5 Å². The van der Waals surface area contributed by atoms with Crippen LogP contribution in [0.4, 0.5) is 4.79 Å². The average molecular weight is 682 g/mol. The summed E-state index contributed by atoms with van der Waals surface area (Å²) in [6, 6.07) is 25.3. The van der Waals surface area contributed by atoms with Gasteiger partial charge in [0.25, 0.3) is 0 Å². The lowest BCUT2D eigenvalue weighted by atomic mass is 9.89. The molecule has 1 heterocycles. The van der Waals surface area contributed by atoms with E-state index in [1.807, 2.05) is 111 Å². The maximum Gasteiger partial charge on any atom is 0.407 e. The van der Waals surface area contributed by atoms with E-state index in [2.05, 4.69) is 25.9 Å². The molecule has 0 fully saturated rings. The fourth-order valence-corrected chi connectivity index (χ4v) is 5.65. The van der Waals surface area contributed by atoms with E-state index in [0.717, 1.165) is 22.2 Å². The van der Waals surface area contributed by atoms with Gasteiger partial charge in [0.2, 0.25) is 11.8 Å². The highest BCUT2D eigenvalue weighted by Crippen LogP contribution is 2.21. The number of ether oxygens (including phenoxy) is 1. The van der Waals surface area contributed by atoms with E-state index in [4.69, 9.17) is 4.74 Å². The average Bonchev–Trinajstić information content (AvgIpc) is 3.51. The fraction of sp³-hybridized carbons (Fsp3) is 0.400. The van der Waals surface area contributed by atoms with Crippen LogP contribution in [0.25, 0.3) is 17.1 Å². The summed E-state index contributed by atoms with van der Waals surface area (Å²) in [5, 5.41) is 20.4. The first-order valence-electron chi connectivity index (χ1n) is 17.4. The topological polar surface area (TPSA) is 145 Å². The van der Waals surface area contributed by atoms with Crippen molar-refractivity contribution in [1.29, 1.82) is 0 Å². The third-order valence-electron chi connectivity index (χ3n) is 8.55. The molecule has 0 aliphatic rings. The molecule has 0 bridgehead atoms. The van der Waals surface area contributed by atoms with Gasteiger partial charge in [-0.25, -0.2) is 9.78 Å². The number of nitrogens with one attached hydrogen (secondary N) is 4. The number of hydrogen-bond donors (Lipinski definition) is 5. The van der Waals surface area contributed by atoms with Crippen molar-refractivity contribution in [3.05, 3.63) is 108 Å². The number of aromatic nitrogens is 2. The van der Waals surface area contributed by atoms with E-state index in [1.165, 1.54) is 0 Å². The molecule has 10 nitrogen and oxygen atoms in total. The van der Waals surface area contributed by atoms with Gasteiger partial charge in [-0.1, -0.05) is 105 Å². The van der Waals surface area contributed by atoms with Gasteiger partial charge in [0.05, 0.1) is 29.7 Å². The number of fused-ring (bicyclic) bond motifs is 1. The first-order valence-corrected chi connectivity index (χ1v) is 17.4. The first-order chi connectivity index (χ1) is 23.9. The molecule has 4 aromatic rings. The first kappa shape index (κ1) is 37.9. The normalized spacial score (nSPS) is 14.8. The van der Waals surface area contributed by atoms with Crippen LogP contribution in [0.5, 0.6) is 0 Å². The van der Waals surface area contributed by atoms with Crippen molar-refractivity contribution in [2.75, 3.05) is 0 Å². The van der Waals surface area contributed by atoms with Gasteiger partial charge < -0.3 is 30.8 Å². The van der Waals surface area contributed by atoms with E-state index in [-0.39, 0.29) is 30.7 Å². The standard InChI is InChI=1S/C40H51N5O5/c1-6-27(2)36(38(48)41-26-35-42-31-22-13-14-23-32(31)43-35)45-37(47)30(21-15-20-28-16-9-7-10-17-28)25-34(46)33(24-29-18-11-8-12-19-29)44-39(49)50-40(3,4)5/h7-20,22-23,27,30,33-34,36,46H,6,21,24-26H2,1-5H3,(H,41,48)(H,42,43)(H,44,49)(H,45,47)/b20-15+/t27?,30-,33+,34+,36+/m1/s1. The molecular weight excluding hydrogens is 630 g/mol. The molecule has 5 N–H and O–H groups in total. The van der Waals surface area contributed by atoms with Crippen LogP contribution in [0.3, 0.4) is 0 Å². The second-order valence-corrected chi connectivity index (χ2v) is 13.8. The maximum atomic E-state index is 14.1. The summed E-state index contributed by atoms with van der Waals surface area (Å²) < 4.78 is 5.51. The summed E-state index contributed by atoms with van der Waals surface area (Å²) >= 11 is 0. The zero-order valence-corrected chi connectivity index (χ0v) is 29.7. The zero-order chi connectivity index (χ0) is 36.1. The number of carbonyl (C=O) groups is 3. The lowest BCUT2D eigenvalue weighted by Gasteiger charge is -2.30. The molecule has 10 heteroatoms. The Bertz CT molecular complexity index is 1670. The second-order valence-electron chi connectivity index (χ2n) is 13.8. The molecule has 1 aromatic heterocycles. The molecule has 5 atom stereocenters. The van der Waals surface area contributed by atoms with E-state index in [9.17, 15) is 19.5 Å². The summed E-state index contributed by atoms with van der Waals surface area (Å²) in [6.07, 6.45) is 3.40. The van der Waals surface area contributed by atoms with Crippen molar-refractivity contribution in [2.45, 2.75) is 90.6 Å². The minimum absolute atomic E-state index is 0.0338. The van der Waals surface area contributed by atoms with Crippen molar-refractivity contribution in [1.82, 2.24) is 25.9 Å². The highest BCUT2D eigenvalue weighted by Gasteiger charge is 2.32. The van der Waals surface area contributed by atoms with Crippen LogP contribution in [0.15, 0.2) is 91.0 Å². The van der Waals surface area contributed by atoms with Crippen molar-refractivity contribution in [2.24, 2.45) is 11.8 Å².